The second kappa shape index (κ2) is 14.0. The maximum Gasteiger partial charge on any atom is 0.401 e. The SMILES string of the molecule is CSC1O[C@H]([C@H](NC(=O)[C@@H]2CC[C@H](CCCN(C)CC(F)(F)F)CCN2)[C@H](C)Cl)C(O)C(O)[C@H]1O. The number of hydrogen-bond donors (Lipinski definition) is 5. The van der Waals surface area contributed by atoms with Crippen molar-refractivity contribution in [1.82, 2.24) is 15.5 Å². The van der Waals surface area contributed by atoms with Gasteiger partial charge >= 0.3 is 6.18 Å². The molecule has 0 aromatic heterocycles. The summed E-state index contributed by atoms with van der Waals surface area (Å²) in [5.41, 5.74) is -0.778. The molecule has 1 amide bonds. The first-order valence-electron chi connectivity index (χ1n) is 12.0. The summed E-state index contributed by atoms with van der Waals surface area (Å²) in [6.07, 6.45) is -4.05. The number of halogens is 4. The van der Waals surface area contributed by atoms with Crippen molar-refractivity contribution in [3.05, 3.63) is 0 Å². The highest BCUT2D eigenvalue weighted by molar-refractivity contribution is 7.99. The molecule has 13 heteroatoms. The van der Waals surface area contributed by atoms with Crippen LogP contribution >= 0.6 is 23.4 Å². The maximum absolute atomic E-state index is 13.1. The number of thioether (sulfide) groups is 1. The maximum atomic E-state index is 13.1. The largest absolute Gasteiger partial charge is 0.401 e. The molecule has 2 aliphatic rings. The van der Waals surface area contributed by atoms with Crippen molar-refractivity contribution in [3.63, 3.8) is 0 Å². The lowest BCUT2D eigenvalue weighted by Crippen LogP contribution is -2.65. The number of ether oxygens (including phenoxy) is 1. The molecule has 2 aliphatic heterocycles. The molecule has 2 fully saturated rings. The molecule has 9 atom stereocenters. The Balaban J connectivity index is 1.88. The van der Waals surface area contributed by atoms with Gasteiger partial charge in [0, 0.05) is 0 Å². The van der Waals surface area contributed by atoms with Crippen LogP contribution in [0.2, 0.25) is 0 Å². The Morgan fingerprint density at radius 1 is 1.23 bits per heavy atom. The summed E-state index contributed by atoms with van der Waals surface area (Å²) in [5, 5.41) is 36.3. The molecule has 3 unspecified atom stereocenters. The van der Waals surface area contributed by atoms with E-state index < -0.39 is 60.0 Å². The smallest absolute Gasteiger partial charge is 0.388 e. The fourth-order valence-corrected chi connectivity index (χ4v) is 5.63. The lowest BCUT2D eigenvalue weighted by molar-refractivity contribution is -0.205. The Labute approximate surface area is 214 Å². The van der Waals surface area contributed by atoms with Gasteiger partial charge in [-0.3, -0.25) is 9.69 Å². The number of carbonyl (C=O) groups excluding carboxylic acids is 1. The van der Waals surface area contributed by atoms with E-state index in [1.165, 1.54) is 23.7 Å². The Kier molecular flexibility index (Phi) is 12.3. The minimum absolute atomic E-state index is 0.301. The van der Waals surface area contributed by atoms with Gasteiger partial charge in [0.2, 0.25) is 5.91 Å². The van der Waals surface area contributed by atoms with E-state index >= 15 is 0 Å². The van der Waals surface area contributed by atoms with E-state index in [2.05, 4.69) is 10.6 Å². The van der Waals surface area contributed by atoms with Crippen LogP contribution in [0.1, 0.15) is 39.0 Å². The molecule has 2 saturated heterocycles. The third kappa shape index (κ3) is 9.48. The molecule has 2 heterocycles. The van der Waals surface area contributed by atoms with Crippen LogP contribution in [0.15, 0.2) is 0 Å². The van der Waals surface area contributed by atoms with E-state index in [0.29, 0.717) is 31.8 Å². The molecular weight excluding hydrogens is 511 g/mol. The zero-order chi connectivity index (χ0) is 26.3. The molecule has 2 rings (SSSR count). The van der Waals surface area contributed by atoms with Gasteiger partial charge in [0.1, 0.15) is 29.9 Å². The van der Waals surface area contributed by atoms with E-state index in [1.54, 1.807) is 13.2 Å². The van der Waals surface area contributed by atoms with Gasteiger partial charge in [-0.25, -0.2) is 0 Å². The van der Waals surface area contributed by atoms with Crippen LogP contribution in [0.4, 0.5) is 13.2 Å². The third-order valence-electron chi connectivity index (χ3n) is 6.72. The molecule has 0 spiro atoms. The van der Waals surface area contributed by atoms with E-state index in [1.807, 2.05) is 0 Å². The molecule has 0 radical (unpaired) electrons. The summed E-state index contributed by atoms with van der Waals surface area (Å²) >= 11 is 7.51. The zero-order valence-electron chi connectivity index (χ0n) is 20.4. The standard InChI is InChI=1S/C22H39ClF3N3O5S/c1-12(23)15(19-17(31)16(30)18(32)21(34-19)35-3)28-20(33)14-7-6-13(8-9-27-14)5-4-10-29(2)11-22(24,25)26/h12-19,21,27,30-32H,4-11H2,1-3H3,(H,28,33)/t12-,13-,14-,15+,16?,17?,18+,19+,21?/m0/s1. The van der Waals surface area contributed by atoms with E-state index in [4.69, 9.17) is 16.3 Å². The fraction of sp³-hybridized carbons (Fsp3) is 0.955. The van der Waals surface area contributed by atoms with Crippen LogP contribution < -0.4 is 10.6 Å². The van der Waals surface area contributed by atoms with Crippen LogP contribution in [-0.4, -0.2) is 113 Å². The highest BCUT2D eigenvalue weighted by atomic mass is 35.5. The van der Waals surface area contributed by atoms with Crippen LogP contribution in [0, 0.1) is 5.92 Å². The molecule has 0 aromatic rings. The molecule has 0 bridgehead atoms. The summed E-state index contributed by atoms with van der Waals surface area (Å²) in [5.74, 6) is 0.00924. The van der Waals surface area contributed by atoms with Crippen molar-refractivity contribution >= 4 is 29.3 Å². The van der Waals surface area contributed by atoms with Crippen molar-refractivity contribution < 1.29 is 38.0 Å². The van der Waals surface area contributed by atoms with Gasteiger partial charge in [-0.1, -0.05) is 0 Å². The first-order chi connectivity index (χ1) is 16.3. The number of aliphatic hydroxyl groups is 3. The summed E-state index contributed by atoms with van der Waals surface area (Å²) in [7, 11) is 1.46. The van der Waals surface area contributed by atoms with Crippen molar-refractivity contribution in [2.24, 2.45) is 5.92 Å². The third-order valence-corrected chi connectivity index (χ3v) is 7.85. The van der Waals surface area contributed by atoms with Crippen LogP contribution in [-0.2, 0) is 9.53 Å². The number of nitrogens with one attached hydrogen (secondary N) is 2. The van der Waals surface area contributed by atoms with E-state index in [-0.39, 0.29) is 5.91 Å². The second-order valence-corrected chi connectivity index (χ2v) is 11.2. The Hall–Kier alpha value is -0.340. The normalized spacial score (nSPS) is 34.3. The van der Waals surface area contributed by atoms with Crippen molar-refractivity contribution in [2.75, 3.05) is 32.9 Å². The number of rotatable bonds is 10. The Morgan fingerprint density at radius 3 is 2.51 bits per heavy atom. The number of nitrogens with zero attached hydrogens (tertiary/aromatic N) is 1. The quantitative estimate of drug-likeness (QED) is 0.259. The lowest BCUT2D eigenvalue weighted by Gasteiger charge is -2.44. The van der Waals surface area contributed by atoms with Crippen LogP contribution in [0.25, 0.3) is 0 Å². The highest BCUT2D eigenvalue weighted by Gasteiger charge is 2.48. The zero-order valence-corrected chi connectivity index (χ0v) is 22.0. The first kappa shape index (κ1) is 30.9. The van der Waals surface area contributed by atoms with Gasteiger partial charge in [0.25, 0.3) is 0 Å². The molecule has 0 aromatic carbocycles. The van der Waals surface area contributed by atoms with Crippen molar-refractivity contribution in [1.29, 1.82) is 0 Å². The van der Waals surface area contributed by atoms with E-state index in [9.17, 15) is 33.3 Å². The number of hydrogen-bond acceptors (Lipinski definition) is 8. The molecule has 206 valence electrons. The molecule has 0 saturated carbocycles. The topological polar surface area (TPSA) is 114 Å². The fourth-order valence-electron chi connectivity index (χ4n) is 4.75. The molecule has 5 N–H and O–H groups in total. The van der Waals surface area contributed by atoms with Crippen LogP contribution in [0.5, 0.6) is 0 Å². The van der Waals surface area contributed by atoms with Crippen LogP contribution in [0.3, 0.4) is 0 Å². The van der Waals surface area contributed by atoms with Gasteiger partial charge in [0.05, 0.1) is 24.0 Å². The Morgan fingerprint density at radius 2 is 1.91 bits per heavy atom. The second-order valence-electron chi connectivity index (χ2n) is 9.62. The predicted octanol–water partition coefficient (Wildman–Crippen LogP) is 1.30. The summed E-state index contributed by atoms with van der Waals surface area (Å²) in [6, 6.07) is -1.29. The average Bonchev–Trinajstić information content (AvgIpc) is 3.01. The number of alkyl halides is 4. The van der Waals surface area contributed by atoms with Crippen molar-refractivity contribution in [2.45, 2.75) is 92.5 Å². The van der Waals surface area contributed by atoms with Gasteiger partial charge in [-0.05, 0) is 71.3 Å². The predicted molar refractivity (Wildman–Crippen MR) is 129 cm³/mol. The minimum atomic E-state index is -4.20. The summed E-state index contributed by atoms with van der Waals surface area (Å²) < 4.78 is 43.2. The first-order valence-corrected chi connectivity index (χ1v) is 13.7. The number of aliphatic hydroxyl groups excluding tert-OH is 3. The molecule has 0 aliphatic carbocycles. The van der Waals surface area contributed by atoms with Gasteiger partial charge in [0.15, 0.2) is 0 Å². The number of carbonyl (C=O) groups is 1. The van der Waals surface area contributed by atoms with Gasteiger partial charge in [-0.15, -0.1) is 23.4 Å². The highest BCUT2D eigenvalue weighted by Crippen LogP contribution is 2.30. The minimum Gasteiger partial charge on any atom is -0.388 e. The molecule has 35 heavy (non-hydrogen) atoms. The molecular formula is C22H39ClF3N3O5S. The number of amides is 1. The summed E-state index contributed by atoms with van der Waals surface area (Å²) in [4.78, 5) is 14.3. The van der Waals surface area contributed by atoms with Gasteiger partial charge in [-0.2, -0.15) is 13.2 Å². The lowest BCUT2D eigenvalue weighted by atomic mass is 9.92. The monoisotopic (exact) mass is 549 g/mol. The van der Waals surface area contributed by atoms with Crippen molar-refractivity contribution in [3.8, 4) is 0 Å². The summed E-state index contributed by atoms with van der Waals surface area (Å²) in [6.45, 7) is 1.70. The van der Waals surface area contributed by atoms with E-state index in [0.717, 1.165) is 19.3 Å². The van der Waals surface area contributed by atoms with Gasteiger partial charge < -0.3 is 30.7 Å². The average molecular weight is 550 g/mol. The molecule has 8 nitrogen and oxygen atoms in total. The Bertz CT molecular complexity index is 664.